The number of urea groups is 1. The van der Waals surface area contributed by atoms with Crippen LogP contribution in [0.4, 0.5) is 23.7 Å². The maximum atomic E-state index is 12.5. The smallest absolute Gasteiger partial charge is 0.394 e. The molecule has 0 aliphatic heterocycles. The van der Waals surface area contributed by atoms with Gasteiger partial charge in [0, 0.05) is 18.8 Å². The van der Waals surface area contributed by atoms with E-state index in [0.29, 0.717) is 19.6 Å². The Bertz CT molecular complexity index is 453. The van der Waals surface area contributed by atoms with Gasteiger partial charge in [-0.15, -0.1) is 0 Å². The van der Waals surface area contributed by atoms with Crippen molar-refractivity contribution < 1.29 is 27.8 Å². The van der Waals surface area contributed by atoms with E-state index in [1.807, 2.05) is 0 Å². The third kappa shape index (κ3) is 6.96. The molecular weight excluding hydrogens is 289 g/mol. The number of halogens is 3. The monoisotopic (exact) mass is 306 g/mol. The van der Waals surface area contributed by atoms with Gasteiger partial charge in [-0.2, -0.15) is 13.2 Å². The Labute approximate surface area is 120 Å². The van der Waals surface area contributed by atoms with Gasteiger partial charge in [0.15, 0.2) is 0 Å². The van der Waals surface area contributed by atoms with Crippen molar-refractivity contribution >= 4 is 11.7 Å². The second kappa shape index (κ2) is 8.48. The lowest BCUT2D eigenvalue weighted by Crippen LogP contribution is -2.30. The van der Waals surface area contributed by atoms with Gasteiger partial charge in [0.1, 0.15) is 0 Å². The molecule has 0 spiro atoms. The summed E-state index contributed by atoms with van der Waals surface area (Å²) in [4.78, 5) is 11.5. The van der Waals surface area contributed by atoms with Gasteiger partial charge >= 0.3 is 12.2 Å². The molecule has 0 aliphatic carbocycles. The number of aliphatic hydroxyl groups is 1. The number of aliphatic hydroxyl groups excluding tert-OH is 1. The van der Waals surface area contributed by atoms with E-state index in [1.165, 1.54) is 12.1 Å². The highest BCUT2D eigenvalue weighted by molar-refractivity contribution is 5.89. The van der Waals surface area contributed by atoms with Crippen LogP contribution in [0, 0.1) is 0 Å². The average Bonchev–Trinajstić information content (AvgIpc) is 2.42. The Hall–Kier alpha value is -1.80. The van der Waals surface area contributed by atoms with Gasteiger partial charge in [0.05, 0.1) is 18.8 Å². The summed E-state index contributed by atoms with van der Waals surface area (Å²) >= 11 is 0. The van der Waals surface area contributed by atoms with E-state index in [1.54, 1.807) is 0 Å². The van der Waals surface area contributed by atoms with Crippen LogP contribution in [0.2, 0.25) is 0 Å². The molecule has 0 fully saturated rings. The van der Waals surface area contributed by atoms with Gasteiger partial charge < -0.3 is 20.5 Å². The highest BCUT2D eigenvalue weighted by atomic mass is 19.4. The predicted molar refractivity (Wildman–Crippen MR) is 71.0 cm³/mol. The molecule has 0 aliphatic rings. The maximum Gasteiger partial charge on any atom is 0.416 e. The molecule has 1 aromatic rings. The highest BCUT2D eigenvalue weighted by Gasteiger charge is 2.30. The lowest BCUT2D eigenvalue weighted by Gasteiger charge is -2.10. The molecule has 3 N–H and O–H groups in total. The number of ether oxygens (including phenoxy) is 1. The second-order valence-electron chi connectivity index (χ2n) is 4.15. The van der Waals surface area contributed by atoms with Crippen LogP contribution in [0.1, 0.15) is 12.0 Å². The maximum absolute atomic E-state index is 12.5. The Morgan fingerprint density at radius 3 is 2.71 bits per heavy atom. The number of nitrogens with one attached hydrogen (secondary N) is 2. The summed E-state index contributed by atoms with van der Waals surface area (Å²) in [5.74, 6) is 0. The van der Waals surface area contributed by atoms with Crippen LogP contribution < -0.4 is 10.6 Å². The van der Waals surface area contributed by atoms with Crippen molar-refractivity contribution in [1.29, 1.82) is 0 Å². The van der Waals surface area contributed by atoms with Crippen molar-refractivity contribution in [2.45, 2.75) is 12.6 Å². The van der Waals surface area contributed by atoms with Crippen LogP contribution in [0.5, 0.6) is 0 Å². The Morgan fingerprint density at radius 2 is 2.05 bits per heavy atom. The lowest BCUT2D eigenvalue weighted by atomic mass is 10.2. The number of rotatable bonds is 7. The molecule has 0 unspecified atom stereocenters. The molecule has 0 atom stereocenters. The van der Waals surface area contributed by atoms with Gasteiger partial charge in [0.2, 0.25) is 0 Å². The minimum Gasteiger partial charge on any atom is -0.394 e. The summed E-state index contributed by atoms with van der Waals surface area (Å²) in [7, 11) is 0. The quantitative estimate of drug-likeness (QED) is 0.677. The fourth-order valence-corrected chi connectivity index (χ4v) is 1.49. The molecule has 0 heterocycles. The van der Waals surface area contributed by atoms with E-state index in [-0.39, 0.29) is 18.9 Å². The van der Waals surface area contributed by atoms with Crippen LogP contribution in [0.3, 0.4) is 0 Å². The van der Waals surface area contributed by atoms with Crippen molar-refractivity contribution in [3.63, 3.8) is 0 Å². The number of hydrogen-bond acceptors (Lipinski definition) is 3. The van der Waals surface area contributed by atoms with Crippen LogP contribution >= 0.6 is 0 Å². The second-order valence-corrected chi connectivity index (χ2v) is 4.15. The molecule has 0 aromatic heterocycles. The number of carbonyl (C=O) groups is 1. The van der Waals surface area contributed by atoms with Crippen molar-refractivity contribution in [3.8, 4) is 0 Å². The molecule has 2 amide bonds. The minimum atomic E-state index is -4.45. The van der Waals surface area contributed by atoms with Gasteiger partial charge in [-0.3, -0.25) is 0 Å². The summed E-state index contributed by atoms with van der Waals surface area (Å²) in [5, 5.41) is 13.3. The van der Waals surface area contributed by atoms with Crippen molar-refractivity contribution in [2.75, 3.05) is 31.7 Å². The summed E-state index contributed by atoms with van der Waals surface area (Å²) in [6.07, 6.45) is -3.91. The topological polar surface area (TPSA) is 70.6 Å². The molecule has 118 valence electrons. The fourth-order valence-electron chi connectivity index (χ4n) is 1.49. The van der Waals surface area contributed by atoms with Crippen molar-refractivity contribution in [1.82, 2.24) is 5.32 Å². The van der Waals surface area contributed by atoms with E-state index in [4.69, 9.17) is 9.84 Å². The van der Waals surface area contributed by atoms with Crippen LogP contribution in [-0.2, 0) is 10.9 Å². The summed E-state index contributed by atoms with van der Waals surface area (Å²) in [6.45, 7) is 0.862. The molecule has 0 saturated carbocycles. The minimum absolute atomic E-state index is 0.0660. The van der Waals surface area contributed by atoms with Gasteiger partial charge in [0.25, 0.3) is 0 Å². The Kier molecular flexibility index (Phi) is 6.97. The number of amides is 2. The molecule has 0 radical (unpaired) electrons. The lowest BCUT2D eigenvalue weighted by molar-refractivity contribution is -0.137. The average molecular weight is 306 g/mol. The molecule has 5 nitrogen and oxygen atoms in total. The largest absolute Gasteiger partial charge is 0.416 e. The Balaban J connectivity index is 2.35. The van der Waals surface area contributed by atoms with Crippen LogP contribution in [0.15, 0.2) is 24.3 Å². The van der Waals surface area contributed by atoms with Crippen molar-refractivity contribution in [3.05, 3.63) is 29.8 Å². The molecular formula is C13H17F3N2O3. The molecule has 8 heteroatoms. The Morgan fingerprint density at radius 1 is 1.29 bits per heavy atom. The van der Waals surface area contributed by atoms with E-state index < -0.39 is 17.8 Å². The number of alkyl halides is 3. The van der Waals surface area contributed by atoms with Crippen LogP contribution in [-0.4, -0.2) is 37.5 Å². The fraction of sp³-hybridized carbons (Fsp3) is 0.462. The molecule has 1 aromatic carbocycles. The van der Waals surface area contributed by atoms with E-state index in [2.05, 4.69) is 10.6 Å². The zero-order valence-electron chi connectivity index (χ0n) is 11.2. The van der Waals surface area contributed by atoms with Crippen LogP contribution in [0.25, 0.3) is 0 Å². The van der Waals surface area contributed by atoms with Gasteiger partial charge in [-0.05, 0) is 24.6 Å². The number of carbonyl (C=O) groups excluding carboxylic acids is 1. The summed E-state index contributed by atoms with van der Waals surface area (Å²) < 4.78 is 42.5. The van der Waals surface area contributed by atoms with Gasteiger partial charge in [-0.25, -0.2) is 4.79 Å². The van der Waals surface area contributed by atoms with E-state index in [0.717, 1.165) is 12.1 Å². The molecule has 21 heavy (non-hydrogen) atoms. The van der Waals surface area contributed by atoms with Gasteiger partial charge in [-0.1, -0.05) is 6.07 Å². The first-order valence-electron chi connectivity index (χ1n) is 6.34. The number of benzene rings is 1. The first-order chi connectivity index (χ1) is 9.93. The third-order valence-electron chi connectivity index (χ3n) is 2.43. The first kappa shape index (κ1) is 17.3. The molecule has 0 bridgehead atoms. The first-order valence-corrected chi connectivity index (χ1v) is 6.34. The summed E-state index contributed by atoms with van der Waals surface area (Å²) in [5.41, 5.74) is -0.753. The molecule has 1 rings (SSSR count). The zero-order valence-corrected chi connectivity index (χ0v) is 11.2. The van der Waals surface area contributed by atoms with E-state index >= 15 is 0 Å². The number of anilines is 1. The van der Waals surface area contributed by atoms with E-state index in [9.17, 15) is 18.0 Å². The summed E-state index contributed by atoms with van der Waals surface area (Å²) in [6, 6.07) is 3.81. The predicted octanol–water partition coefficient (Wildman–Crippen LogP) is 2.23. The SMILES string of the molecule is O=C(NCCCOCCO)Nc1cccc(C(F)(F)F)c1. The van der Waals surface area contributed by atoms with Crippen molar-refractivity contribution in [2.24, 2.45) is 0 Å². The highest BCUT2D eigenvalue weighted by Crippen LogP contribution is 2.30. The molecule has 0 saturated heterocycles. The third-order valence-corrected chi connectivity index (χ3v) is 2.43. The number of hydrogen-bond donors (Lipinski definition) is 3. The normalized spacial score (nSPS) is 11.2. The zero-order chi connectivity index (χ0) is 15.7. The standard InChI is InChI=1S/C13H17F3N2O3/c14-13(15,16)10-3-1-4-11(9-10)18-12(20)17-5-2-7-21-8-6-19/h1,3-4,9,19H,2,5-8H2,(H2,17,18,20).